The lowest BCUT2D eigenvalue weighted by atomic mass is 10.1. The molecule has 1 unspecified atom stereocenters. The van der Waals surface area contributed by atoms with Crippen LogP contribution in [0.15, 0.2) is 18.2 Å². The van der Waals surface area contributed by atoms with Crippen molar-refractivity contribution in [2.75, 3.05) is 0 Å². The maximum atomic E-state index is 11.7. The van der Waals surface area contributed by atoms with E-state index >= 15 is 0 Å². The van der Waals surface area contributed by atoms with Crippen LogP contribution in [0.3, 0.4) is 0 Å². The molecule has 0 spiro atoms. The number of hydrogen-bond donors (Lipinski definition) is 1. The molecule has 0 aliphatic heterocycles. The lowest BCUT2D eigenvalue weighted by Gasteiger charge is -2.12. The second kappa shape index (κ2) is 6.65. The van der Waals surface area contributed by atoms with Crippen LogP contribution in [0.2, 0.25) is 5.02 Å². The van der Waals surface area contributed by atoms with Crippen LogP contribution in [0.5, 0.6) is 0 Å². The van der Waals surface area contributed by atoms with E-state index in [9.17, 15) is 4.79 Å². The number of benzene rings is 1. The highest BCUT2D eigenvalue weighted by Crippen LogP contribution is 2.20. The Labute approximate surface area is 108 Å². The summed E-state index contributed by atoms with van der Waals surface area (Å²) in [4.78, 5) is 11.7. The van der Waals surface area contributed by atoms with Crippen molar-refractivity contribution < 1.29 is 4.79 Å². The predicted molar refractivity (Wildman–Crippen MR) is 72.1 cm³/mol. The Morgan fingerprint density at radius 2 is 2.18 bits per heavy atom. The molecule has 0 aliphatic carbocycles. The zero-order valence-corrected chi connectivity index (χ0v) is 11.5. The summed E-state index contributed by atoms with van der Waals surface area (Å²) < 4.78 is 0. The first kappa shape index (κ1) is 14.0. The third kappa shape index (κ3) is 4.04. The standard InChI is InChI=1S/C14H20ClNO/c1-4-6-11(3)14(17)16-9-12-8-5-7-10(2)13(12)15/h5,7-8,11H,4,6,9H2,1-3H3,(H,16,17). The second-order valence-corrected chi connectivity index (χ2v) is 4.83. The van der Waals surface area contributed by atoms with Crippen molar-refractivity contribution in [3.05, 3.63) is 34.3 Å². The monoisotopic (exact) mass is 253 g/mol. The molecule has 0 saturated heterocycles. The SMILES string of the molecule is CCCC(C)C(=O)NCc1cccc(C)c1Cl. The molecule has 0 aliphatic rings. The molecular formula is C14H20ClNO. The molecule has 0 heterocycles. The van der Waals surface area contributed by atoms with E-state index in [0.29, 0.717) is 6.54 Å². The molecule has 0 saturated carbocycles. The van der Waals surface area contributed by atoms with Crippen molar-refractivity contribution in [2.24, 2.45) is 5.92 Å². The van der Waals surface area contributed by atoms with Gasteiger partial charge in [0.15, 0.2) is 0 Å². The summed E-state index contributed by atoms with van der Waals surface area (Å²) in [7, 11) is 0. The van der Waals surface area contributed by atoms with E-state index in [1.54, 1.807) is 0 Å². The van der Waals surface area contributed by atoms with E-state index in [2.05, 4.69) is 12.2 Å². The molecule has 3 heteroatoms. The topological polar surface area (TPSA) is 29.1 Å². The quantitative estimate of drug-likeness (QED) is 0.852. The van der Waals surface area contributed by atoms with Gasteiger partial charge in [0.2, 0.25) is 5.91 Å². The average Bonchev–Trinajstić information content (AvgIpc) is 2.31. The van der Waals surface area contributed by atoms with Crippen LogP contribution >= 0.6 is 11.6 Å². The summed E-state index contributed by atoms with van der Waals surface area (Å²) in [5, 5.41) is 3.67. The van der Waals surface area contributed by atoms with Crippen molar-refractivity contribution in [3.63, 3.8) is 0 Å². The predicted octanol–water partition coefficient (Wildman–Crippen LogP) is 3.70. The highest BCUT2D eigenvalue weighted by molar-refractivity contribution is 6.32. The smallest absolute Gasteiger partial charge is 0.223 e. The lowest BCUT2D eigenvalue weighted by Crippen LogP contribution is -2.28. The van der Waals surface area contributed by atoms with Gasteiger partial charge >= 0.3 is 0 Å². The fraction of sp³-hybridized carbons (Fsp3) is 0.500. The minimum Gasteiger partial charge on any atom is -0.352 e. The minimum absolute atomic E-state index is 0.0728. The Bertz CT molecular complexity index is 390. The van der Waals surface area contributed by atoms with Crippen LogP contribution in [0.1, 0.15) is 37.8 Å². The van der Waals surface area contributed by atoms with Gasteiger partial charge in [-0.25, -0.2) is 0 Å². The molecule has 0 fully saturated rings. The first-order chi connectivity index (χ1) is 8.06. The molecule has 1 N–H and O–H groups in total. The van der Waals surface area contributed by atoms with Crippen molar-refractivity contribution in [2.45, 2.75) is 40.2 Å². The molecule has 1 rings (SSSR count). The van der Waals surface area contributed by atoms with Crippen LogP contribution in [-0.2, 0) is 11.3 Å². The van der Waals surface area contributed by atoms with Gasteiger partial charge in [0.1, 0.15) is 0 Å². The van der Waals surface area contributed by atoms with Gasteiger partial charge in [0.05, 0.1) is 0 Å². The molecule has 1 amide bonds. The van der Waals surface area contributed by atoms with Crippen LogP contribution in [0.4, 0.5) is 0 Å². The molecule has 1 aromatic carbocycles. The van der Waals surface area contributed by atoms with Crippen molar-refractivity contribution in [3.8, 4) is 0 Å². The summed E-state index contributed by atoms with van der Waals surface area (Å²) >= 11 is 6.17. The summed E-state index contributed by atoms with van der Waals surface area (Å²) in [6, 6.07) is 5.87. The van der Waals surface area contributed by atoms with Crippen molar-refractivity contribution in [1.82, 2.24) is 5.32 Å². The zero-order valence-electron chi connectivity index (χ0n) is 10.7. The van der Waals surface area contributed by atoms with Crippen LogP contribution in [0.25, 0.3) is 0 Å². The van der Waals surface area contributed by atoms with Gasteiger partial charge < -0.3 is 5.32 Å². The van der Waals surface area contributed by atoms with E-state index in [1.807, 2.05) is 32.0 Å². The Kier molecular flexibility index (Phi) is 5.49. The molecule has 94 valence electrons. The summed E-state index contributed by atoms with van der Waals surface area (Å²) in [5.74, 6) is 0.174. The number of aryl methyl sites for hydroxylation is 1. The Morgan fingerprint density at radius 3 is 2.82 bits per heavy atom. The first-order valence-electron chi connectivity index (χ1n) is 6.08. The average molecular weight is 254 g/mol. The summed E-state index contributed by atoms with van der Waals surface area (Å²) in [5.41, 5.74) is 2.02. The minimum atomic E-state index is 0.0728. The molecule has 0 bridgehead atoms. The Balaban J connectivity index is 2.56. The fourth-order valence-corrected chi connectivity index (χ4v) is 1.96. The Hall–Kier alpha value is -1.02. The number of rotatable bonds is 5. The Morgan fingerprint density at radius 1 is 1.47 bits per heavy atom. The molecule has 0 aromatic heterocycles. The highest BCUT2D eigenvalue weighted by atomic mass is 35.5. The van der Waals surface area contributed by atoms with Gasteiger partial charge in [-0.3, -0.25) is 4.79 Å². The maximum Gasteiger partial charge on any atom is 0.223 e. The van der Waals surface area contributed by atoms with E-state index in [1.165, 1.54) is 0 Å². The van der Waals surface area contributed by atoms with Gasteiger partial charge in [-0.2, -0.15) is 0 Å². The third-order valence-corrected chi connectivity index (χ3v) is 3.43. The van der Waals surface area contributed by atoms with Crippen LogP contribution in [-0.4, -0.2) is 5.91 Å². The van der Waals surface area contributed by atoms with Crippen molar-refractivity contribution >= 4 is 17.5 Å². The van der Waals surface area contributed by atoms with Crippen LogP contribution < -0.4 is 5.32 Å². The van der Waals surface area contributed by atoms with Crippen LogP contribution in [0, 0.1) is 12.8 Å². The number of hydrogen-bond acceptors (Lipinski definition) is 1. The number of amides is 1. The lowest BCUT2D eigenvalue weighted by molar-refractivity contribution is -0.124. The van der Waals surface area contributed by atoms with E-state index in [-0.39, 0.29) is 11.8 Å². The molecule has 1 atom stereocenters. The largest absolute Gasteiger partial charge is 0.352 e. The second-order valence-electron chi connectivity index (χ2n) is 4.46. The zero-order chi connectivity index (χ0) is 12.8. The number of carbonyl (C=O) groups excluding carboxylic acids is 1. The van der Waals surface area contributed by atoms with Gasteiger partial charge in [0, 0.05) is 17.5 Å². The van der Waals surface area contributed by atoms with Gasteiger partial charge in [0.25, 0.3) is 0 Å². The molecule has 0 radical (unpaired) electrons. The number of nitrogens with one attached hydrogen (secondary N) is 1. The maximum absolute atomic E-state index is 11.7. The fourth-order valence-electron chi connectivity index (χ4n) is 1.77. The number of halogens is 1. The first-order valence-corrected chi connectivity index (χ1v) is 6.45. The van der Waals surface area contributed by atoms with Crippen molar-refractivity contribution in [1.29, 1.82) is 0 Å². The highest BCUT2D eigenvalue weighted by Gasteiger charge is 2.11. The molecule has 17 heavy (non-hydrogen) atoms. The molecular weight excluding hydrogens is 234 g/mol. The van der Waals surface area contributed by atoms with E-state index in [4.69, 9.17) is 11.6 Å². The van der Waals surface area contributed by atoms with Gasteiger partial charge in [-0.15, -0.1) is 0 Å². The van der Waals surface area contributed by atoms with E-state index < -0.39 is 0 Å². The third-order valence-electron chi connectivity index (χ3n) is 2.89. The van der Waals surface area contributed by atoms with E-state index in [0.717, 1.165) is 29.0 Å². The molecule has 1 aromatic rings. The summed E-state index contributed by atoms with van der Waals surface area (Å²) in [6.45, 7) is 6.51. The normalized spacial score (nSPS) is 12.2. The van der Waals surface area contributed by atoms with Gasteiger partial charge in [-0.05, 0) is 24.5 Å². The van der Waals surface area contributed by atoms with Gasteiger partial charge in [-0.1, -0.05) is 50.1 Å². The molecule has 2 nitrogen and oxygen atoms in total. The number of carbonyl (C=O) groups is 1. The summed E-state index contributed by atoms with van der Waals surface area (Å²) in [6.07, 6.45) is 1.95.